The molecule has 2 fully saturated rings. The van der Waals surface area contributed by atoms with Crippen LogP contribution in [0, 0.1) is 10.8 Å². The zero-order valence-electron chi connectivity index (χ0n) is 14.3. The van der Waals surface area contributed by atoms with E-state index >= 15 is 0 Å². The first-order chi connectivity index (χ1) is 11.2. The molecule has 6 nitrogen and oxygen atoms in total. The maximum Gasteiger partial charge on any atom is 0.313 e. The fourth-order valence-electron chi connectivity index (χ4n) is 3.81. The van der Waals surface area contributed by atoms with Gasteiger partial charge in [-0.1, -0.05) is 26.0 Å². The third kappa shape index (κ3) is 1.92. The highest BCUT2D eigenvalue weighted by Crippen LogP contribution is 2.65. The summed E-state index contributed by atoms with van der Waals surface area (Å²) in [6.45, 7) is 7.33. The number of amides is 1. The van der Waals surface area contributed by atoms with Gasteiger partial charge in [0.1, 0.15) is 5.75 Å². The van der Waals surface area contributed by atoms with Crippen LogP contribution in [-0.2, 0) is 14.3 Å². The van der Waals surface area contributed by atoms with Crippen LogP contribution in [0.15, 0.2) is 29.4 Å². The number of nitrogens with zero attached hydrogens (tertiary/aromatic N) is 1. The zero-order chi connectivity index (χ0) is 17.8. The number of benzene rings is 1. The van der Waals surface area contributed by atoms with Gasteiger partial charge in [-0.15, -0.1) is 0 Å². The molecule has 0 radical (unpaired) electrons. The third-order valence-corrected chi connectivity index (χ3v) is 6.07. The second-order valence-electron chi connectivity index (χ2n) is 7.33. The topological polar surface area (TPSA) is 88.0 Å². The number of aromatic hydroxyl groups is 1. The lowest BCUT2D eigenvalue weighted by molar-refractivity contribution is -0.168. The van der Waals surface area contributed by atoms with Gasteiger partial charge in [-0.2, -0.15) is 5.10 Å². The molecule has 0 aromatic heterocycles. The predicted molar refractivity (Wildman–Crippen MR) is 88.4 cm³/mol. The van der Waals surface area contributed by atoms with Gasteiger partial charge in [-0.25, -0.2) is 5.43 Å². The Hall–Kier alpha value is -2.37. The third-order valence-electron chi connectivity index (χ3n) is 6.07. The first-order valence-corrected chi connectivity index (χ1v) is 8.02. The maximum absolute atomic E-state index is 12.8. The number of fused-ring (bicyclic) bond motifs is 2. The van der Waals surface area contributed by atoms with Gasteiger partial charge in [0.25, 0.3) is 5.91 Å². The van der Waals surface area contributed by atoms with Crippen molar-refractivity contribution >= 4 is 17.6 Å². The largest absolute Gasteiger partial charge is 0.507 e. The lowest BCUT2D eigenvalue weighted by Gasteiger charge is -2.34. The van der Waals surface area contributed by atoms with E-state index in [2.05, 4.69) is 10.5 Å². The highest BCUT2D eigenvalue weighted by Gasteiger charge is 2.75. The van der Waals surface area contributed by atoms with Crippen LogP contribution >= 0.6 is 0 Å². The number of carbonyl (C=O) groups is 2. The number of nitrogens with one attached hydrogen (secondary N) is 1. The summed E-state index contributed by atoms with van der Waals surface area (Å²) >= 11 is 0. The molecule has 2 atom stereocenters. The normalized spacial score (nSPS) is 31.0. The smallest absolute Gasteiger partial charge is 0.313 e. The van der Waals surface area contributed by atoms with Crippen molar-refractivity contribution in [1.82, 2.24) is 5.43 Å². The number of hydrogen-bond donors (Lipinski definition) is 2. The fourth-order valence-corrected chi connectivity index (χ4v) is 3.81. The molecule has 1 amide bonds. The van der Waals surface area contributed by atoms with E-state index in [9.17, 15) is 14.7 Å². The van der Waals surface area contributed by atoms with Gasteiger partial charge in [-0.05, 0) is 38.8 Å². The van der Waals surface area contributed by atoms with Gasteiger partial charge in [-0.3, -0.25) is 9.59 Å². The molecular formula is C18H22N2O4. The molecule has 1 aliphatic carbocycles. The first kappa shape index (κ1) is 16.5. The number of esters is 1. The molecule has 2 aliphatic rings. The van der Waals surface area contributed by atoms with Crippen LogP contribution in [0.4, 0.5) is 0 Å². The number of phenols is 1. The number of hydrazone groups is 1. The number of carbonyl (C=O) groups excluding carboxylic acids is 2. The van der Waals surface area contributed by atoms with Gasteiger partial charge in [0.15, 0.2) is 5.60 Å². The monoisotopic (exact) mass is 330 g/mol. The molecule has 6 heteroatoms. The molecule has 24 heavy (non-hydrogen) atoms. The van der Waals surface area contributed by atoms with Crippen LogP contribution in [0.25, 0.3) is 0 Å². The second-order valence-corrected chi connectivity index (χ2v) is 7.33. The summed E-state index contributed by atoms with van der Waals surface area (Å²) in [6, 6.07) is 6.76. The van der Waals surface area contributed by atoms with Crippen LogP contribution in [0.1, 0.15) is 46.1 Å². The quantitative estimate of drug-likeness (QED) is 0.506. The van der Waals surface area contributed by atoms with E-state index in [0.717, 1.165) is 0 Å². The van der Waals surface area contributed by atoms with E-state index in [0.29, 0.717) is 24.1 Å². The fraction of sp³-hybridized carbons (Fsp3) is 0.500. The Kier molecular flexibility index (Phi) is 3.48. The number of phenolic OH excluding ortho intramolecular Hbond substituents is 1. The van der Waals surface area contributed by atoms with Crippen molar-refractivity contribution in [3.05, 3.63) is 29.8 Å². The summed E-state index contributed by atoms with van der Waals surface area (Å²) in [5.41, 5.74) is 1.08. The van der Waals surface area contributed by atoms with Gasteiger partial charge in [0, 0.05) is 11.0 Å². The minimum absolute atomic E-state index is 0.0900. The summed E-state index contributed by atoms with van der Waals surface area (Å²) in [5.74, 6) is -0.653. The van der Waals surface area contributed by atoms with Crippen molar-refractivity contribution in [1.29, 1.82) is 0 Å². The van der Waals surface area contributed by atoms with Crippen molar-refractivity contribution in [2.45, 2.75) is 46.1 Å². The molecule has 1 aromatic rings. The van der Waals surface area contributed by atoms with E-state index in [1.54, 1.807) is 31.2 Å². The highest BCUT2D eigenvalue weighted by molar-refractivity contribution is 6.02. The minimum Gasteiger partial charge on any atom is -0.507 e. The minimum atomic E-state index is -1.19. The number of hydrogen-bond acceptors (Lipinski definition) is 5. The number of rotatable bonds is 3. The summed E-state index contributed by atoms with van der Waals surface area (Å²) in [7, 11) is 0. The van der Waals surface area contributed by atoms with Crippen LogP contribution in [-0.4, -0.2) is 28.3 Å². The predicted octanol–water partition coefficient (Wildman–Crippen LogP) is 2.35. The summed E-state index contributed by atoms with van der Waals surface area (Å²) < 4.78 is 5.52. The Balaban J connectivity index is 1.85. The lowest BCUT2D eigenvalue weighted by atomic mass is 9.66. The molecule has 1 aromatic carbocycles. The summed E-state index contributed by atoms with van der Waals surface area (Å²) in [4.78, 5) is 25.0. The number of ether oxygens (including phenoxy) is 1. The van der Waals surface area contributed by atoms with Crippen LogP contribution in [0.2, 0.25) is 0 Å². The molecule has 1 heterocycles. The zero-order valence-corrected chi connectivity index (χ0v) is 14.3. The summed E-state index contributed by atoms with van der Waals surface area (Å²) in [5, 5.41) is 13.9. The van der Waals surface area contributed by atoms with Gasteiger partial charge in [0.2, 0.25) is 0 Å². The van der Waals surface area contributed by atoms with Crippen molar-refractivity contribution in [2.75, 3.05) is 0 Å². The van der Waals surface area contributed by atoms with Crippen molar-refractivity contribution in [3.8, 4) is 5.75 Å². The Morgan fingerprint density at radius 2 is 1.92 bits per heavy atom. The van der Waals surface area contributed by atoms with Crippen molar-refractivity contribution in [2.24, 2.45) is 15.9 Å². The van der Waals surface area contributed by atoms with Crippen molar-refractivity contribution in [3.63, 3.8) is 0 Å². The van der Waals surface area contributed by atoms with Gasteiger partial charge < -0.3 is 9.84 Å². The molecule has 128 valence electrons. The molecular weight excluding hydrogens is 308 g/mol. The van der Waals surface area contributed by atoms with E-state index in [1.807, 2.05) is 20.8 Å². The molecule has 3 rings (SSSR count). The molecule has 1 saturated carbocycles. The molecule has 2 N–H and O–H groups in total. The SMILES string of the molecule is C/C(=N/NC(=O)[C@]12CC[C@](C)(C(=O)O1)C2(C)C)c1ccccc1O. The van der Waals surface area contributed by atoms with Crippen LogP contribution < -0.4 is 5.43 Å². The highest BCUT2D eigenvalue weighted by atomic mass is 16.6. The maximum atomic E-state index is 12.8. The van der Waals surface area contributed by atoms with Crippen LogP contribution in [0.5, 0.6) is 5.75 Å². The molecule has 2 bridgehead atoms. The Labute approximate surface area is 140 Å². The molecule has 0 unspecified atom stereocenters. The van der Waals surface area contributed by atoms with E-state index in [4.69, 9.17) is 4.74 Å². The Morgan fingerprint density at radius 1 is 1.25 bits per heavy atom. The average Bonchev–Trinajstić information content (AvgIpc) is 2.83. The Morgan fingerprint density at radius 3 is 2.46 bits per heavy atom. The van der Waals surface area contributed by atoms with Crippen LogP contribution in [0.3, 0.4) is 0 Å². The molecule has 1 aliphatic heterocycles. The number of para-hydroxylation sites is 1. The molecule has 0 spiro atoms. The second kappa shape index (κ2) is 5.06. The standard InChI is InChI=1S/C18H22N2O4/c1-11(12-7-5-6-8-13(12)21)19-20-14(22)18-10-9-17(4,15(23)24-18)16(18,2)3/h5-8,21H,9-10H2,1-4H3,(H,20,22)/b19-11-/t17-,18+/m1/s1. The average molecular weight is 330 g/mol. The summed E-state index contributed by atoms with van der Waals surface area (Å²) in [6.07, 6.45) is 1.10. The van der Waals surface area contributed by atoms with E-state index in [1.165, 1.54) is 0 Å². The van der Waals surface area contributed by atoms with E-state index < -0.39 is 22.3 Å². The van der Waals surface area contributed by atoms with Crippen molar-refractivity contribution < 1.29 is 19.4 Å². The van der Waals surface area contributed by atoms with E-state index in [-0.39, 0.29) is 11.7 Å². The lowest BCUT2D eigenvalue weighted by Crippen LogP contribution is -2.52. The van der Waals surface area contributed by atoms with Gasteiger partial charge >= 0.3 is 5.97 Å². The Bertz CT molecular complexity index is 755. The molecule has 1 saturated heterocycles. The van der Waals surface area contributed by atoms with Gasteiger partial charge in [0.05, 0.1) is 11.1 Å². The first-order valence-electron chi connectivity index (χ1n) is 8.02.